The average Bonchev–Trinajstić information content (AvgIpc) is 3.24. The summed E-state index contributed by atoms with van der Waals surface area (Å²) in [6.45, 7) is 25.4. The number of halogens is 1. The van der Waals surface area contributed by atoms with E-state index in [1.165, 1.54) is 38.7 Å². The number of aliphatic hydroxyl groups excluding tert-OH is 3. The maximum Gasteiger partial charge on any atom is 0.168 e. The third-order valence-electron chi connectivity index (χ3n) is 12.7. The Morgan fingerprint density at radius 2 is 1.03 bits per heavy atom. The first-order valence-corrected chi connectivity index (χ1v) is 31.9. The van der Waals surface area contributed by atoms with Crippen molar-refractivity contribution in [1.82, 2.24) is 9.80 Å². The molecule has 72 heavy (non-hydrogen) atoms. The highest BCUT2D eigenvalue weighted by atomic mass is 32.2. The van der Waals surface area contributed by atoms with Crippen LogP contribution in [0.1, 0.15) is 106 Å². The first-order valence-electron chi connectivity index (χ1n) is 25.6. The maximum atomic E-state index is 12.8. The molecular weight excluding hydrogens is 1020 g/mol. The summed E-state index contributed by atoms with van der Waals surface area (Å²) in [5.41, 5.74) is 0. The summed E-state index contributed by atoms with van der Waals surface area (Å²) in [4.78, 5) is 4.74. The Kier molecular flexibility index (Phi) is 43.2. The minimum atomic E-state index is -4.28. The van der Waals surface area contributed by atoms with Gasteiger partial charge in [0.1, 0.15) is 52.5 Å². The highest BCUT2D eigenvalue weighted by Gasteiger charge is 2.26. The molecule has 0 aromatic heterocycles. The zero-order chi connectivity index (χ0) is 56.9. The maximum absolute atomic E-state index is 12.8. The number of likely N-dealkylation sites (N-methyl/N-ethyl adjacent to an activating group) is 1. The van der Waals surface area contributed by atoms with Crippen molar-refractivity contribution in [3.05, 3.63) is 11.9 Å². The molecule has 0 fully saturated rings. The lowest BCUT2D eigenvalue weighted by Gasteiger charge is -2.37. The van der Waals surface area contributed by atoms with Crippen molar-refractivity contribution in [2.45, 2.75) is 112 Å². The predicted octanol–water partition coefficient (Wildman–Crippen LogP) is 1.95. The fourth-order valence-electron chi connectivity index (χ4n) is 7.87. The Bertz CT molecular complexity index is 1830. The summed E-state index contributed by atoms with van der Waals surface area (Å²) in [6.07, 6.45) is 9.19. The van der Waals surface area contributed by atoms with Crippen LogP contribution >= 0.6 is 0 Å². The number of rotatable bonds is 39. The van der Waals surface area contributed by atoms with Crippen LogP contribution in [-0.2, 0) is 40.5 Å². The third-order valence-corrected chi connectivity index (χ3v) is 15.9. The number of unbranched alkanes of at least 4 members (excludes halogenated alkanes) is 3. The van der Waals surface area contributed by atoms with E-state index in [0.717, 1.165) is 82.8 Å². The van der Waals surface area contributed by atoms with Crippen molar-refractivity contribution in [3.8, 4) is 0 Å². The van der Waals surface area contributed by atoms with Crippen LogP contribution in [0.25, 0.3) is 0 Å². The van der Waals surface area contributed by atoms with E-state index in [9.17, 15) is 61.4 Å². The van der Waals surface area contributed by atoms with E-state index >= 15 is 0 Å². The van der Waals surface area contributed by atoms with Crippen LogP contribution in [0.5, 0.6) is 0 Å². The summed E-state index contributed by atoms with van der Waals surface area (Å²) in [5.74, 6) is -1.86. The van der Waals surface area contributed by atoms with E-state index in [-0.39, 0.29) is 78.7 Å². The predicted molar refractivity (Wildman–Crippen MR) is 281 cm³/mol. The molecule has 1 atom stereocenters. The third kappa shape index (κ3) is 51.1. The van der Waals surface area contributed by atoms with Gasteiger partial charge in [-0.15, -0.1) is 0 Å². The Morgan fingerprint density at radius 1 is 0.569 bits per heavy atom. The second-order valence-electron chi connectivity index (χ2n) is 20.2. The molecule has 0 aliphatic rings. The van der Waals surface area contributed by atoms with Crippen LogP contribution < -0.4 is 0 Å². The zero-order valence-electron chi connectivity index (χ0n) is 46.5. The lowest BCUT2D eigenvalue weighted by atomic mass is 10.2. The summed E-state index contributed by atoms with van der Waals surface area (Å²) < 4.78 is 142. The number of quaternary nitrogens is 4. The van der Waals surface area contributed by atoms with E-state index in [2.05, 4.69) is 51.5 Å². The molecule has 0 rings (SSSR count). The molecule has 1 unspecified atom stereocenters. The Hall–Kier alpha value is -1.05. The number of hydrogen-bond donors (Lipinski definition) is 3. The van der Waals surface area contributed by atoms with Gasteiger partial charge in [-0.2, -0.15) is 0 Å². The van der Waals surface area contributed by atoms with Crippen molar-refractivity contribution >= 4 is 40.5 Å². The molecule has 0 bridgehead atoms. The van der Waals surface area contributed by atoms with Gasteiger partial charge in [0.15, 0.2) is 5.88 Å². The van der Waals surface area contributed by atoms with E-state index < -0.39 is 58.2 Å². The molecule has 0 saturated carbocycles. The number of nitrogens with zero attached hydrogens (tertiary/aromatic N) is 6. The molecule has 438 valence electrons. The van der Waals surface area contributed by atoms with Gasteiger partial charge in [0.2, 0.25) is 0 Å². The van der Waals surface area contributed by atoms with Crippen LogP contribution in [0.15, 0.2) is 11.9 Å². The highest BCUT2D eigenvalue weighted by Crippen LogP contribution is 2.13. The fraction of sp³-hybridized carbons (Fsp3) is 0.957. The largest absolute Gasteiger partial charge is 0.748 e. The lowest BCUT2D eigenvalue weighted by molar-refractivity contribution is -0.925. The van der Waals surface area contributed by atoms with E-state index in [1.54, 1.807) is 21.0 Å². The van der Waals surface area contributed by atoms with E-state index in [4.69, 9.17) is 10.2 Å². The molecular formula is C46H103FN6O15S4. The van der Waals surface area contributed by atoms with E-state index in [1.807, 2.05) is 14.1 Å². The van der Waals surface area contributed by atoms with Gasteiger partial charge < -0.3 is 61.3 Å². The van der Waals surface area contributed by atoms with Crippen molar-refractivity contribution in [1.29, 1.82) is 0 Å². The summed E-state index contributed by atoms with van der Waals surface area (Å²) in [7, 11) is -7.38. The fourth-order valence-corrected chi connectivity index (χ4v) is 10.5. The van der Waals surface area contributed by atoms with Crippen LogP contribution in [0.4, 0.5) is 4.39 Å². The Labute approximate surface area is 438 Å². The SMILES string of the molecule is CC(F)=CC[N+](CCO)(CCO)CCCS(=O)(=O)[O-].CCC(O)C[N+](C)(C)CS(=O)(=O)[O-].CCCCCCN(CC)CCC[N+](C)(C)CCS(=O)(=O)[O-].CCN(C)CCC[N+](CC)(CC)CCCS(=O)(=O)[O-]. The minimum Gasteiger partial charge on any atom is -0.748 e. The first kappa shape index (κ1) is 77.5. The van der Waals surface area contributed by atoms with Gasteiger partial charge in [-0.25, -0.2) is 38.1 Å². The molecule has 0 aliphatic heterocycles. The van der Waals surface area contributed by atoms with Crippen LogP contribution in [0, 0.1) is 0 Å². The molecule has 21 nitrogen and oxygen atoms in total. The van der Waals surface area contributed by atoms with Crippen molar-refractivity contribution in [2.24, 2.45) is 0 Å². The zero-order valence-corrected chi connectivity index (χ0v) is 49.8. The molecule has 0 aliphatic carbocycles. The number of hydrogen-bond acceptors (Lipinski definition) is 17. The normalized spacial score (nSPS) is 13.8. The topological polar surface area (TPSA) is 296 Å². The van der Waals surface area contributed by atoms with E-state index in [0.29, 0.717) is 23.9 Å². The quantitative estimate of drug-likeness (QED) is 0.0450. The number of allylic oxidation sites excluding steroid dienone is 1. The highest BCUT2D eigenvalue weighted by molar-refractivity contribution is 7.86. The van der Waals surface area contributed by atoms with Gasteiger partial charge in [0.05, 0.1) is 119 Å². The Balaban J connectivity index is -0.000000433. The molecule has 0 aromatic rings. The summed E-state index contributed by atoms with van der Waals surface area (Å²) in [6, 6.07) is 0. The van der Waals surface area contributed by atoms with Gasteiger partial charge in [-0.3, -0.25) is 0 Å². The molecule has 3 N–H and O–H groups in total. The molecule has 0 aromatic carbocycles. The van der Waals surface area contributed by atoms with Crippen LogP contribution in [-0.4, -0.2) is 277 Å². The molecule has 0 saturated heterocycles. The molecule has 0 spiro atoms. The second kappa shape index (κ2) is 40.2. The van der Waals surface area contributed by atoms with Crippen LogP contribution in [0.2, 0.25) is 0 Å². The molecule has 26 heteroatoms. The van der Waals surface area contributed by atoms with Gasteiger partial charge in [0.25, 0.3) is 0 Å². The van der Waals surface area contributed by atoms with Gasteiger partial charge in [-0.1, -0.05) is 47.0 Å². The van der Waals surface area contributed by atoms with Gasteiger partial charge in [-0.05, 0) is 60.3 Å². The molecule has 0 amide bonds. The van der Waals surface area contributed by atoms with Crippen molar-refractivity contribution in [3.63, 3.8) is 0 Å². The smallest absolute Gasteiger partial charge is 0.168 e. The molecule has 0 heterocycles. The standard InChI is InChI=1S/C15H34N2O3S.C13H30N2O3S.C11H22FNO5S.C7H17NO4S/c1-5-7-8-9-11-16(6-2)12-10-13-17(3,4)14-15-21(18,19)20;1-5-14(4)10-8-11-15(6-2,7-3)12-9-13-19(16,17)18;1-11(12)3-5-13(6-8-14,7-9-15)4-2-10-19(16,17)18;1-4-7(9)5-8(2,3)6-13(10,11)12/h5-15H2,1-4H3;5-13H2,1-4H3;3,14-15H,2,4-10H2,1H3;7,9H,4-6H2,1-3H3. The Morgan fingerprint density at radius 3 is 1.42 bits per heavy atom. The van der Waals surface area contributed by atoms with Gasteiger partial charge >= 0.3 is 0 Å². The lowest BCUT2D eigenvalue weighted by Crippen LogP contribution is -2.52. The summed E-state index contributed by atoms with van der Waals surface area (Å²) in [5, 5.41) is 27.4. The van der Waals surface area contributed by atoms with Crippen molar-refractivity contribution in [2.75, 3.05) is 176 Å². The number of aliphatic hydroxyl groups is 3. The monoisotopic (exact) mass is 1130 g/mol. The van der Waals surface area contributed by atoms with Crippen molar-refractivity contribution < 1.29 is 89.5 Å². The van der Waals surface area contributed by atoms with Crippen LogP contribution in [0.3, 0.4) is 0 Å². The van der Waals surface area contributed by atoms with Gasteiger partial charge in [0, 0.05) is 56.4 Å². The average molecular weight is 1130 g/mol. The minimum absolute atomic E-state index is 0.000833. The molecule has 0 radical (unpaired) electrons. The summed E-state index contributed by atoms with van der Waals surface area (Å²) >= 11 is 0. The first-order chi connectivity index (χ1) is 32.9. The second-order valence-corrected chi connectivity index (χ2v) is 26.1.